The normalized spacial score (nSPS) is 10.5. The molecule has 0 heterocycles. The van der Waals surface area contributed by atoms with Gasteiger partial charge in [0.2, 0.25) is 0 Å². The quantitative estimate of drug-likeness (QED) is 0.306. The first kappa shape index (κ1) is 22.6. The van der Waals surface area contributed by atoms with E-state index in [1.165, 1.54) is 11.6 Å². The zero-order chi connectivity index (χ0) is 23.9. The molecule has 0 unspecified atom stereocenters. The fourth-order valence-electron chi connectivity index (χ4n) is 3.53. The van der Waals surface area contributed by atoms with Gasteiger partial charge in [-0.15, -0.1) is 0 Å². The van der Waals surface area contributed by atoms with Gasteiger partial charge in [-0.3, -0.25) is 4.79 Å². The van der Waals surface area contributed by atoms with Crippen molar-refractivity contribution in [1.82, 2.24) is 0 Å². The smallest absolute Gasteiger partial charge is 0.337 e. The molecule has 4 rings (SSSR count). The molecule has 0 saturated heterocycles. The van der Waals surface area contributed by atoms with Gasteiger partial charge < -0.3 is 20.9 Å². The zero-order valence-electron chi connectivity index (χ0n) is 18.4. The molecule has 4 aromatic rings. The van der Waals surface area contributed by atoms with Crippen LogP contribution in [-0.2, 0) is 6.42 Å². The number of hydrogen-bond acceptors (Lipinski definition) is 4. The number of benzene rings is 4. The van der Waals surface area contributed by atoms with Crippen molar-refractivity contribution in [3.63, 3.8) is 0 Å². The van der Waals surface area contributed by atoms with Crippen LogP contribution in [0.25, 0.3) is 11.1 Å². The number of ether oxygens (including phenoxy) is 1. The second-order valence-electron chi connectivity index (χ2n) is 7.75. The van der Waals surface area contributed by atoms with Crippen LogP contribution in [0.1, 0.15) is 26.3 Å². The number of nitrogen functional groups attached to an aromatic ring is 1. The first-order chi connectivity index (χ1) is 16.5. The van der Waals surface area contributed by atoms with Crippen LogP contribution in [0.15, 0.2) is 97.1 Å². The van der Waals surface area contributed by atoms with Crippen molar-refractivity contribution in [3.05, 3.63) is 114 Å². The van der Waals surface area contributed by atoms with Crippen molar-refractivity contribution in [2.75, 3.05) is 17.7 Å². The van der Waals surface area contributed by atoms with Crippen LogP contribution in [0.2, 0.25) is 0 Å². The van der Waals surface area contributed by atoms with Crippen molar-refractivity contribution in [2.45, 2.75) is 6.42 Å². The monoisotopic (exact) mass is 452 g/mol. The Morgan fingerprint density at radius 1 is 0.824 bits per heavy atom. The molecule has 0 radical (unpaired) electrons. The average Bonchev–Trinajstić information content (AvgIpc) is 2.86. The molecular formula is C28H24N2O4. The Hall–Kier alpha value is -4.58. The number of amides is 1. The van der Waals surface area contributed by atoms with E-state index in [2.05, 4.69) is 17.4 Å². The Kier molecular flexibility index (Phi) is 6.89. The van der Waals surface area contributed by atoms with E-state index < -0.39 is 5.97 Å². The van der Waals surface area contributed by atoms with Crippen LogP contribution in [0, 0.1) is 0 Å². The van der Waals surface area contributed by atoms with E-state index in [0.29, 0.717) is 23.4 Å². The predicted octanol–water partition coefficient (Wildman–Crippen LogP) is 5.51. The fraction of sp³-hybridized carbons (Fsp3) is 0.0714. The second kappa shape index (κ2) is 10.4. The van der Waals surface area contributed by atoms with Gasteiger partial charge in [0, 0.05) is 23.4 Å². The summed E-state index contributed by atoms with van der Waals surface area (Å²) in [6, 6.07) is 29.1. The SMILES string of the molecule is Nc1ccc(-c2cccc(C(=O)Nc3ccc(OCCc4ccccc4)cc3)c2)cc1C(=O)O. The Balaban J connectivity index is 1.39. The van der Waals surface area contributed by atoms with Crippen LogP contribution < -0.4 is 15.8 Å². The van der Waals surface area contributed by atoms with Crippen LogP contribution in [-0.4, -0.2) is 23.6 Å². The van der Waals surface area contributed by atoms with Crippen LogP contribution >= 0.6 is 0 Å². The third kappa shape index (κ3) is 5.61. The van der Waals surface area contributed by atoms with Crippen LogP contribution in [0.3, 0.4) is 0 Å². The molecule has 1 amide bonds. The minimum atomic E-state index is -1.10. The molecule has 0 aliphatic carbocycles. The predicted molar refractivity (Wildman–Crippen MR) is 133 cm³/mol. The summed E-state index contributed by atoms with van der Waals surface area (Å²) in [4.78, 5) is 24.2. The number of anilines is 2. The lowest BCUT2D eigenvalue weighted by atomic mass is 10.00. The topological polar surface area (TPSA) is 102 Å². The highest BCUT2D eigenvalue weighted by Crippen LogP contribution is 2.25. The van der Waals surface area contributed by atoms with E-state index in [-0.39, 0.29) is 17.2 Å². The molecule has 170 valence electrons. The Labute approximate surface area is 197 Å². The van der Waals surface area contributed by atoms with Crippen LogP contribution in [0.5, 0.6) is 5.75 Å². The summed E-state index contributed by atoms with van der Waals surface area (Å²) in [5.41, 5.74) is 9.66. The highest BCUT2D eigenvalue weighted by Gasteiger charge is 2.12. The first-order valence-corrected chi connectivity index (χ1v) is 10.8. The summed E-state index contributed by atoms with van der Waals surface area (Å²) in [5, 5.41) is 12.2. The van der Waals surface area contributed by atoms with Gasteiger partial charge in [0.05, 0.1) is 12.2 Å². The van der Waals surface area contributed by atoms with Crippen molar-refractivity contribution in [3.8, 4) is 16.9 Å². The second-order valence-corrected chi connectivity index (χ2v) is 7.75. The van der Waals surface area contributed by atoms with E-state index >= 15 is 0 Å². The Bertz CT molecular complexity index is 1300. The number of aromatic carboxylic acids is 1. The Morgan fingerprint density at radius 2 is 1.56 bits per heavy atom. The van der Waals surface area contributed by atoms with Crippen molar-refractivity contribution >= 4 is 23.3 Å². The van der Waals surface area contributed by atoms with Gasteiger partial charge in [-0.05, 0) is 65.2 Å². The summed E-state index contributed by atoms with van der Waals surface area (Å²) < 4.78 is 5.79. The molecule has 0 atom stereocenters. The molecule has 0 aromatic heterocycles. The van der Waals surface area contributed by atoms with Crippen LogP contribution in [0.4, 0.5) is 11.4 Å². The number of carbonyl (C=O) groups is 2. The average molecular weight is 453 g/mol. The molecular weight excluding hydrogens is 428 g/mol. The van der Waals surface area contributed by atoms with Gasteiger partial charge in [-0.1, -0.05) is 48.5 Å². The largest absolute Gasteiger partial charge is 0.493 e. The van der Waals surface area contributed by atoms with Gasteiger partial charge in [-0.2, -0.15) is 0 Å². The number of nitrogens with two attached hydrogens (primary N) is 1. The molecule has 6 nitrogen and oxygen atoms in total. The van der Waals surface area contributed by atoms with E-state index in [4.69, 9.17) is 10.5 Å². The molecule has 0 aliphatic heterocycles. The summed E-state index contributed by atoms with van der Waals surface area (Å²) in [6.07, 6.45) is 0.817. The third-order valence-corrected chi connectivity index (χ3v) is 5.36. The minimum Gasteiger partial charge on any atom is -0.493 e. The molecule has 0 spiro atoms. The maximum absolute atomic E-state index is 12.8. The number of carboxylic acids is 1. The van der Waals surface area contributed by atoms with Crippen molar-refractivity contribution in [2.24, 2.45) is 0 Å². The van der Waals surface area contributed by atoms with Crippen molar-refractivity contribution in [1.29, 1.82) is 0 Å². The molecule has 0 bridgehead atoms. The minimum absolute atomic E-state index is 0.0263. The number of hydrogen-bond donors (Lipinski definition) is 3. The molecule has 0 saturated carbocycles. The first-order valence-electron chi connectivity index (χ1n) is 10.8. The zero-order valence-corrected chi connectivity index (χ0v) is 18.4. The molecule has 0 fully saturated rings. The van der Waals surface area contributed by atoms with Gasteiger partial charge in [0.25, 0.3) is 5.91 Å². The number of carboxylic acid groups (broad SMARTS) is 1. The summed E-state index contributed by atoms with van der Waals surface area (Å²) in [6.45, 7) is 0.567. The Morgan fingerprint density at radius 3 is 2.29 bits per heavy atom. The lowest BCUT2D eigenvalue weighted by Gasteiger charge is -2.10. The molecule has 4 N–H and O–H groups in total. The standard InChI is InChI=1S/C28H24N2O4/c29-26-14-9-21(18-25(26)28(32)33)20-7-4-8-22(17-20)27(31)30-23-10-12-24(13-11-23)34-16-15-19-5-2-1-3-6-19/h1-14,17-18H,15-16,29H2,(H,30,31)(H,32,33). The highest BCUT2D eigenvalue weighted by molar-refractivity contribution is 6.05. The molecule has 4 aromatic carbocycles. The summed E-state index contributed by atoms with van der Waals surface area (Å²) in [5.74, 6) is -0.636. The summed E-state index contributed by atoms with van der Waals surface area (Å²) in [7, 11) is 0. The lowest BCUT2D eigenvalue weighted by molar-refractivity contribution is 0.0698. The van der Waals surface area contributed by atoms with E-state index in [9.17, 15) is 14.7 Å². The van der Waals surface area contributed by atoms with Gasteiger partial charge in [0.1, 0.15) is 5.75 Å². The number of carbonyl (C=O) groups excluding carboxylic acids is 1. The van der Waals surface area contributed by atoms with Gasteiger partial charge >= 0.3 is 5.97 Å². The molecule has 0 aliphatic rings. The molecule has 34 heavy (non-hydrogen) atoms. The van der Waals surface area contributed by atoms with Crippen molar-refractivity contribution < 1.29 is 19.4 Å². The number of nitrogens with one attached hydrogen (secondary N) is 1. The maximum Gasteiger partial charge on any atom is 0.337 e. The maximum atomic E-state index is 12.8. The molecule has 6 heteroatoms. The third-order valence-electron chi connectivity index (χ3n) is 5.36. The van der Waals surface area contributed by atoms with Gasteiger partial charge in [-0.25, -0.2) is 4.79 Å². The highest BCUT2D eigenvalue weighted by atomic mass is 16.5. The van der Waals surface area contributed by atoms with E-state index in [1.807, 2.05) is 36.4 Å². The van der Waals surface area contributed by atoms with E-state index in [0.717, 1.165) is 17.7 Å². The van der Waals surface area contributed by atoms with Gasteiger partial charge in [0.15, 0.2) is 0 Å². The summed E-state index contributed by atoms with van der Waals surface area (Å²) >= 11 is 0. The fourth-order valence-corrected chi connectivity index (χ4v) is 3.53. The van der Waals surface area contributed by atoms with E-state index in [1.54, 1.807) is 42.5 Å². The lowest BCUT2D eigenvalue weighted by Crippen LogP contribution is -2.12. The number of rotatable bonds is 8.